The van der Waals surface area contributed by atoms with Gasteiger partial charge in [0.15, 0.2) is 10.8 Å². The Hall–Kier alpha value is -1.54. The van der Waals surface area contributed by atoms with Crippen LogP contribution in [0.1, 0.15) is 10.5 Å². The highest BCUT2D eigenvalue weighted by Crippen LogP contribution is 2.27. The molecule has 0 aliphatic carbocycles. The van der Waals surface area contributed by atoms with Crippen LogP contribution in [0.3, 0.4) is 0 Å². The third kappa shape index (κ3) is 3.07. The van der Waals surface area contributed by atoms with E-state index in [9.17, 15) is 13.6 Å². The highest BCUT2D eigenvalue weighted by Gasteiger charge is 2.13. The molecule has 0 fully saturated rings. The number of ether oxygens (including phenoxy) is 1. The first-order valence-electron chi connectivity index (χ1n) is 4.96. The molecule has 0 aliphatic rings. The second-order valence-electron chi connectivity index (χ2n) is 3.40. The number of hydrogen-bond donors (Lipinski definition) is 1. The molecule has 0 radical (unpaired) electrons. The van der Waals surface area contributed by atoms with Crippen molar-refractivity contribution in [2.45, 2.75) is 0 Å². The molecule has 0 bridgehead atoms. The van der Waals surface area contributed by atoms with E-state index < -0.39 is 17.6 Å². The quantitative estimate of drug-likeness (QED) is 0.678. The van der Waals surface area contributed by atoms with Crippen LogP contribution in [0, 0.1) is 11.6 Å². The summed E-state index contributed by atoms with van der Waals surface area (Å²) in [5.41, 5.74) is 0.177. The van der Waals surface area contributed by atoms with Crippen molar-refractivity contribution in [3.63, 3.8) is 0 Å². The molecule has 2 rings (SSSR count). The van der Waals surface area contributed by atoms with Gasteiger partial charge in [0.2, 0.25) is 0 Å². The van der Waals surface area contributed by atoms with Crippen molar-refractivity contribution in [2.75, 3.05) is 12.4 Å². The molecule has 1 aromatic carbocycles. The van der Waals surface area contributed by atoms with E-state index in [1.807, 2.05) is 0 Å². The van der Waals surface area contributed by atoms with Crippen LogP contribution in [0.2, 0.25) is 0 Å². The lowest BCUT2D eigenvalue weighted by Gasteiger charge is -2.05. The van der Waals surface area contributed by atoms with E-state index in [0.717, 1.165) is 17.4 Å². The van der Waals surface area contributed by atoms with Crippen molar-refractivity contribution in [1.29, 1.82) is 0 Å². The van der Waals surface area contributed by atoms with Crippen LogP contribution in [0.25, 0.3) is 0 Å². The number of nitrogens with zero attached hydrogens (tertiary/aromatic N) is 1. The van der Waals surface area contributed by atoms with Crippen LogP contribution in [-0.4, -0.2) is 18.1 Å². The summed E-state index contributed by atoms with van der Waals surface area (Å²) in [6, 6.07) is 2.01. The Kier molecular flexibility index (Phi) is 4.11. The molecule has 0 aliphatic heterocycles. The highest BCUT2D eigenvalue weighted by molar-refractivity contribution is 9.10. The van der Waals surface area contributed by atoms with E-state index in [-0.39, 0.29) is 15.9 Å². The number of thiazole rings is 1. The third-order valence-corrected chi connectivity index (χ3v) is 3.52. The summed E-state index contributed by atoms with van der Waals surface area (Å²) >= 11 is 4.07. The van der Waals surface area contributed by atoms with Crippen LogP contribution in [0.5, 0.6) is 0 Å². The molecule has 1 aromatic heterocycles. The van der Waals surface area contributed by atoms with Gasteiger partial charge in [-0.3, -0.25) is 0 Å². The Morgan fingerprint density at radius 2 is 2.16 bits per heavy atom. The summed E-state index contributed by atoms with van der Waals surface area (Å²) < 4.78 is 31.2. The summed E-state index contributed by atoms with van der Waals surface area (Å²) in [4.78, 5) is 15.1. The Bertz CT molecular complexity index is 633. The minimum absolute atomic E-state index is 0.0547. The zero-order valence-electron chi connectivity index (χ0n) is 9.54. The lowest BCUT2D eigenvalue weighted by molar-refractivity contribution is 0.0595. The Balaban J connectivity index is 2.24. The van der Waals surface area contributed by atoms with Crippen molar-refractivity contribution >= 4 is 44.1 Å². The van der Waals surface area contributed by atoms with Crippen molar-refractivity contribution < 1.29 is 18.3 Å². The van der Waals surface area contributed by atoms with Crippen LogP contribution in [0.4, 0.5) is 19.6 Å². The number of anilines is 2. The van der Waals surface area contributed by atoms with E-state index in [2.05, 4.69) is 31.0 Å². The van der Waals surface area contributed by atoms with E-state index in [4.69, 9.17) is 0 Å². The summed E-state index contributed by atoms with van der Waals surface area (Å²) in [7, 11) is 1.24. The highest BCUT2D eigenvalue weighted by atomic mass is 79.9. The van der Waals surface area contributed by atoms with E-state index >= 15 is 0 Å². The van der Waals surface area contributed by atoms with Crippen LogP contribution in [0.15, 0.2) is 22.0 Å². The molecule has 0 unspecified atom stereocenters. The Morgan fingerprint density at radius 3 is 2.84 bits per heavy atom. The topological polar surface area (TPSA) is 51.2 Å². The fourth-order valence-corrected chi connectivity index (χ4v) is 2.30. The first-order valence-corrected chi connectivity index (χ1v) is 6.64. The number of aromatic nitrogens is 1. The van der Waals surface area contributed by atoms with Gasteiger partial charge in [0.05, 0.1) is 17.3 Å². The maximum Gasteiger partial charge on any atom is 0.357 e. The average Bonchev–Trinajstić information content (AvgIpc) is 2.83. The fraction of sp³-hybridized carbons (Fsp3) is 0.0909. The van der Waals surface area contributed by atoms with Gasteiger partial charge in [-0.15, -0.1) is 11.3 Å². The zero-order chi connectivity index (χ0) is 14.0. The van der Waals surface area contributed by atoms with E-state index in [1.165, 1.54) is 18.6 Å². The summed E-state index contributed by atoms with van der Waals surface area (Å²) in [6.07, 6.45) is 0. The van der Waals surface area contributed by atoms with Crippen molar-refractivity contribution in [2.24, 2.45) is 0 Å². The molecular weight excluding hydrogens is 342 g/mol. The largest absolute Gasteiger partial charge is 0.464 e. The number of esters is 1. The lowest BCUT2D eigenvalue weighted by Crippen LogP contribution is -2.02. The number of carbonyl (C=O) groups excluding carboxylic acids is 1. The standard InChI is InChI=1S/C11H7BrF2N2O2S/c1-18-10(17)9-4-19-11(16-9)15-8-2-5(12)6(13)3-7(8)14/h2-4H,1H3,(H,15,16). The van der Waals surface area contributed by atoms with Gasteiger partial charge in [0.1, 0.15) is 11.6 Å². The first kappa shape index (κ1) is 13.9. The maximum atomic E-state index is 13.5. The molecule has 0 saturated heterocycles. The van der Waals surface area contributed by atoms with Gasteiger partial charge >= 0.3 is 5.97 Å². The van der Waals surface area contributed by atoms with Crippen LogP contribution in [-0.2, 0) is 4.74 Å². The van der Waals surface area contributed by atoms with E-state index in [1.54, 1.807) is 0 Å². The third-order valence-electron chi connectivity index (χ3n) is 2.15. The monoisotopic (exact) mass is 348 g/mol. The molecule has 19 heavy (non-hydrogen) atoms. The SMILES string of the molecule is COC(=O)c1csc(Nc2cc(Br)c(F)cc2F)n1. The number of hydrogen-bond acceptors (Lipinski definition) is 5. The lowest BCUT2D eigenvalue weighted by atomic mass is 10.3. The zero-order valence-corrected chi connectivity index (χ0v) is 11.9. The number of halogens is 3. The molecule has 1 N–H and O–H groups in total. The predicted octanol–water partition coefficient (Wildman–Crippen LogP) is 3.71. The van der Waals surface area contributed by atoms with Gasteiger partial charge in [-0.2, -0.15) is 0 Å². The second-order valence-corrected chi connectivity index (χ2v) is 5.11. The number of carbonyl (C=O) groups is 1. The van der Waals surface area contributed by atoms with Gasteiger partial charge in [-0.1, -0.05) is 0 Å². The van der Waals surface area contributed by atoms with Crippen LogP contribution < -0.4 is 5.32 Å². The minimum atomic E-state index is -0.754. The molecule has 0 spiro atoms. The summed E-state index contributed by atoms with van der Waals surface area (Å²) in [5.74, 6) is -2.03. The van der Waals surface area contributed by atoms with Gasteiger partial charge in [0, 0.05) is 11.4 Å². The number of nitrogens with one attached hydrogen (secondary N) is 1. The number of methoxy groups -OCH3 is 1. The molecule has 1 heterocycles. The summed E-state index contributed by atoms with van der Waals surface area (Å²) in [6.45, 7) is 0. The molecule has 8 heteroatoms. The van der Waals surface area contributed by atoms with Crippen molar-refractivity contribution in [3.8, 4) is 0 Å². The fourth-order valence-electron chi connectivity index (χ4n) is 1.26. The molecule has 100 valence electrons. The van der Waals surface area contributed by atoms with Crippen molar-refractivity contribution in [1.82, 2.24) is 4.98 Å². The average molecular weight is 349 g/mol. The normalized spacial score (nSPS) is 10.3. The predicted molar refractivity (Wildman–Crippen MR) is 70.8 cm³/mol. The Labute approximate surface area is 119 Å². The van der Waals surface area contributed by atoms with Crippen molar-refractivity contribution in [3.05, 3.63) is 39.3 Å². The molecule has 0 amide bonds. The summed E-state index contributed by atoms with van der Waals surface area (Å²) in [5, 5.41) is 4.45. The van der Waals surface area contributed by atoms with Gasteiger partial charge < -0.3 is 10.1 Å². The molecule has 2 aromatic rings. The number of rotatable bonds is 3. The number of benzene rings is 1. The first-order chi connectivity index (χ1) is 9.01. The van der Waals surface area contributed by atoms with Crippen LogP contribution >= 0.6 is 27.3 Å². The minimum Gasteiger partial charge on any atom is -0.464 e. The molecule has 0 saturated carbocycles. The van der Waals surface area contributed by atoms with E-state index in [0.29, 0.717) is 5.13 Å². The smallest absolute Gasteiger partial charge is 0.357 e. The molecular formula is C11H7BrF2N2O2S. The molecule has 0 atom stereocenters. The van der Waals surface area contributed by atoms with Gasteiger partial charge in [-0.25, -0.2) is 18.6 Å². The molecule has 4 nitrogen and oxygen atoms in total. The van der Waals surface area contributed by atoms with Gasteiger partial charge in [0.25, 0.3) is 0 Å². The maximum absolute atomic E-state index is 13.5. The Morgan fingerprint density at radius 1 is 1.42 bits per heavy atom. The van der Waals surface area contributed by atoms with Gasteiger partial charge in [-0.05, 0) is 22.0 Å². The second kappa shape index (κ2) is 5.62.